The lowest BCUT2D eigenvalue weighted by atomic mass is 10.1. The number of methoxy groups -OCH3 is 1. The van der Waals surface area contributed by atoms with Crippen LogP contribution in [0.5, 0.6) is 0 Å². The second kappa shape index (κ2) is 7.32. The monoisotopic (exact) mass is 329 g/mol. The molecule has 24 heavy (non-hydrogen) atoms. The van der Waals surface area contributed by atoms with Crippen molar-refractivity contribution in [3.63, 3.8) is 0 Å². The Morgan fingerprint density at radius 3 is 2.42 bits per heavy atom. The maximum absolute atomic E-state index is 12.5. The summed E-state index contributed by atoms with van der Waals surface area (Å²) >= 11 is 0. The minimum absolute atomic E-state index is 0.0427. The molecule has 1 aromatic carbocycles. The van der Waals surface area contributed by atoms with Gasteiger partial charge in [0.05, 0.1) is 17.6 Å². The van der Waals surface area contributed by atoms with E-state index in [-0.39, 0.29) is 16.8 Å². The molecule has 1 amide bonds. The number of ether oxygens (including phenoxy) is 1. The quantitative estimate of drug-likeness (QED) is 0.472. The Kier molecular flexibility index (Phi) is 5.20. The van der Waals surface area contributed by atoms with Crippen LogP contribution in [0.1, 0.15) is 26.3 Å². The number of esters is 1. The Morgan fingerprint density at radius 1 is 1.21 bits per heavy atom. The van der Waals surface area contributed by atoms with Gasteiger partial charge in [0.2, 0.25) is 0 Å². The SMILES string of the molecule is COC(=O)c1cc(C(=O)N(C)Cc2ccncc2)cc([N+](=O)[O-])c1. The third-order valence-corrected chi connectivity index (χ3v) is 3.31. The van der Waals surface area contributed by atoms with Crippen LogP contribution in [-0.4, -0.2) is 40.8 Å². The van der Waals surface area contributed by atoms with Gasteiger partial charge in [0, 0.05) is 43.7 Å². The van der Waals surface area contributed by atoms with Crippen molar-refractivity contribution >= 4 is 17.6 Å². The number of pyridine rings is 1. The molecular formula is C16H15N3O5. The number of hydrogen-bond donors (Lipinski definition) is 0. The standard InChI is InChI=1S/C16H15N3O5/c1-18(10-11-3-5-17-6-4-11)15(20)12-7-13(16(21)24-2)9-14(8-12)19(22)23/h3-9H,10H2,1-2H3. The van der Waals surface area contributed by atoms with Crippen LogP contribution >= 0.6 is 0 Å². The van der Waals surface area contributed by atoms with Gasteiger partial charge in [0.25, 0.3) is 11.6 Å². The molecule has 0 aliphatic rings. The summed E-state index contributed by atoms with van der Waals surface area (Å²) in [5, 5.41) is 11.0. The van der Waals surface area contributed by atoms with E-state index < -0.39 is 16.8 Å². The highest BCUT2D eigenvalue weighted by Gasteiger charge is 2.20. The van der Waals surface area contributed by atoms with E-state index in [1.54, 1.807) is 31.6 Å². The number of nitrogens with zero attached hydrogens (tertiary/aromatic N) is 3. The summed E-state index contributed by atoms with van der Waals surface area (Å²) in [5.74, 6) is -1.19. The summed E-state index contributed by atoms with van der Waals surface area (Å²) in [5.41, 5.74) is 0.506. The fourth-order valence-electron chi connectivity index (χ4n) is 2.13. The van der Waals surface area contributed by atoms with Crippen LogP contribution in [0.3, 0.4) is 0 Å². The van der Waals surface area contributed by atoms with Crippen LogP contribution in [0.2, 0.25) is 0 Å². The van der Waals surface area contributed by atoms with Crippen LogP contribution in [-0.2, 0) is 11.3 Å². The molecule has 124 valence electrons. The summed E-state index contributed by atoms with van der Waals surface area (Å²) in [6.45, 7) is 0.303. The molecule has 0 atom stereocenters. The van der Waals surface area contributed by atoms with Gasteiger partial charge in [-0.1, -0.05) is 0 Å². The van der Waals surface area contributed by atoms with E-state index >= 15 is 0 Å². The van der Waals surface area contributed by atoms with Gasteiger partial charge in [-0.2, -0.15) is 0 Å². The molecule has 2 aromatic rings. The lowest BCUT2D eigenvalue weighted by Crippen LogP contribution is -2.26. The van der Waals surface area contributed by atoms with E-state index in [1.807, 2.05) is 0 Å². The van der Waals surface area contributed by atoms with Gasteiger partial charge in [-0.05, 0) is 23.8 Å². The highest BCUT2D eigenvalue weighted by Crippen LogP contribution is 2.19. The minimum Gasteiger partial charge on any atom is -0.465 e. The molecule has 0 fully saturated rings. The van der Waals surface area contributed by atoms with Crippen molar-refractivity contribution in [1.82, 2.24) is 9.88 Å². The lowest BCUT2D eigenvalue weighted by Gasteiger charge is -2.17. The van der Waals surface area contributed by atoms with E-state index in [2.05, 4.69) is 9.72 Å². The second-order valence-corrected chi connectivity index (χ2v) is 5.03. The second-order valence-electron chi connectivity index (χ2n) is 5.03. The molecule has 0 aliphatic carbocycles. The van der Waals surface area contributed by atoms with Crippen LogP contribution in [0, 0.1) is 10.1 Å². The first-order chi connectivity index (χ1) is 11.4. The maximum atomic E-state index is 12.5. The topological polar surface area (TPSA) is 103 Å². The Balaban J connectivity index is 2.32. The van der Waals surface area contributed by atoms with Gasteiger partial charge < -0.3 is 9.64 Å². The maximum Gasteiger partial charge on any atom is 0.338 e. The number of rotatable bonds is 5. The molecule has 1 heterocycles. The third kappa shape index (κ3) is 3.92. The first-order valence-corrected chi connectivity index (χ1v) is 6.94. The van der Waals surface area contributed by atoms with Gasteiger partial charge in [-0.3, -0.25) is 19.9 Å². The van der Waals surface area contributed by atoms with Gasteiger partial charge >= 0.3 is 5.97 Å². The Bertz CT molecular complexity index is 777. The molecule has 0 saturated heterocycles. The molecule has 0 bridgehead atoms. The number of carbonyl (C=O) groups is 2. The molecule has 0 spiro atoms. The number of nitro groups is 1. The third-order valence-electron chi connectivity index (χ3n) is 3.31. The van der Waals surface area contributed by atoms with Crippen LogP contribution in [0.25, 0.3) is 0 Å². The number of nitro benzene ring substituents is 1. The normalized spacial score (nSPS) is 10.1. The molecule has 8 heteroatoms. The van der Waals surface area contributed by atoms with Crippen molar-refractivity contribution in [2.24, 2.45) is 0 Å². The zero-order valence-corrected chi connectivity index (χ0v) is 13.1. The molecule has 8 nitrogen and oxygen atoms in total. The Morgan fingerprint density at radius 2 is 1.83 bits per heavy atom. The van der Waals surface area contributed by atoms with Crippen LogP contribution in [0.4, 0.5) is 5.69 Å². The number of amides is 1. The average Bonchev–Trinajstić information content (AvgIpc) is 2.60. The molecular weight excluding hydrogens is 314 g/mol. The van der Waals surface area contributed by atoms with Gasteiger partial charge in [0.1, 0.15) is 0 Å². The minimum atomic E-state index is -0.746. The first kappa shape index (κ1) is 17.1. The van der Waals surface area contributed by atoms with Crippen molar-refractivity contribution in [3.05, 3.63) is 69.5 Å². The number of hydrogen-bond acceptors (Lipinski definition) is 6. The fraction of sp³-hybridized carbons (Fsp3) is 0.188. The zero-order chi connectivity index (χ0) is 17.7. The molecule has 0 unspecified atom stereocenters. The summed E-state index contributed by atoms with van der Waals surface area (Å²) < 4.78 is 4.57. The van der Waals surface area contributed by atoms with E-state index in [1.165, 1.54) is 11.0 Å². The summed E-state index contributed by atoms with van der Waals surface area (Å²) in [6.07, 6.45) is 3.22. The summed E-state index contributed by atoms with van der Waals surface area (Å²) in [6, 6.07) is 7.02. The molecule has 0 aliphatic heterocycles. The predicted octanol–water partition coefficient (Wildman–Crippen LogP) is 2.05. The molecule has 0 radical (unpaired) electrons. The highest BCUT2D eigenvalue weighted by molar-refractivity contribution is 5.98. The van der Waals surface area contributed by atoms with Gasteiger partial charge in [-0.15, -0.1) is 0 Å². The molecule has 1 aromatic heterocycles. The van der Waals surface area contributed by atoms with E-state index in [9.17, 15) is 19.7 Å². The van der Waals surface area contributed by atoms with Gasteiger partial charge in [-0.25, -0.2) is 4.79 Å². The lowest BCUT2D eigenvalue weighted by molar-refractivity contribution is -0.384. The Hall–Kier alpha value is -3.29. The van der Waals surface area contributed by atoms with Crippen LogP contribution in [0.15, 0.2) is 42.7 Å². The molecule has 0 saturated carbocycles. The van der Waals surface area contributed by atoms with Crippen molar-refractivity contribution in [2.75, 3.05) is 14.2 Å². The van der Waals surface area contributed by atoms with Gasteiger partial charge in [0.15, 0.2) is 0 Å². The Labute approximate surface area is 137 Å². The van der Waals surface area contributed by atoms with Crippen molar-refractivity contribution in [3.8, 4) is 0 Å². The van der Waals surface area contributed by atoms with Crippen molar-refractivity contribution < 1.29 is 19.2 Å². The largest absolute Gasteiger partial charge is 0.465 e. The number of carbonyl (C=O) groups excluding carboxylic acids is 2. The van der Waals surface area contributed by atoms with E-state index in [0.717, 1.165) is 24.8 Å². The summed E-state index contributed by atoms with van der Waals surface area (Å²) in [4.78, 5) is 39.8. The number of non-ortho nitro benzene ring substituents is 1. The zero-order valence-electron chi connectivity index (χ0n) is 13.1. The number of aromatic nitrogens is 1. The molecule has 2 rings (SSSR count). The first-order valence-electron chi connectivity index (χ1n) is 6.94. The summed E-state index contributed by atoms with van der Waals surface area (Å²) in [7, 11) is 2.73. The average molecular weight is 329 g/mol. The highest BCUT2D eigenvalue weighted by atomic mass is 16.6. The van der Waals surface area contributed by atoms with Crippen LogP contribution < -0.4 is 0 Å². The smallest absolute Gasteiger partial charge is 0.338 e. The van der Waals surface area contributed by atoms with Crippen molar-refractivity contribution in [1.29, 1.82) is 0 Å². The van der Waals surface area contributed by atoms with E-state index in [4.69, 9.17) is 0 Å². The van der Waals surface area contributed by atoms with E-state index in [0.29, 0.717) is 6.54 Å². The fourth-order valence-corrected chi connectivity index (χ4v) is 2.13. The molecule has 0 N–H and O–H groups in total. The number of benzene rings is 1. The predicted molar refractivity (Wildman–Crippen MR) is 84.5 cm³/mol. The van der Waals surface area contributed by atoms with Crippen molar-refractivity contribution in [2.45, 2.75) is 6.54 Å².